The van der Waals surface area contributed by atoms with Crippen molar-refractivity contribution in [3.05, 3.63) is 35.9 Å². The van der Waals surface area contributed by atoms with Gasteiger partial charge in [0.2, 0.25) is 0 Å². The first kappa shape index (κ1) is 17.6. The molecule has 1 heterocycles. The topological polar surface area (TPSA) is 85.6 Å². The van der Waals surface area contributed by atoms with Crippen molar-refractivity contribution < 1.29 is 9.47 Å². The van der Waals surface area contributed by atoms with Crippen molar-refractivity contribution in [3.8, 4) is 11.5 Å². The summed E-state index contributed by atoms with van der Waals surface area (Å²) in [5.74, 6) is 3.03. The van der Waals surface area contributed by atoms with E-state index < -0.39 is 0 Å². The van der Waals surface area contributed by atoms with Gasteiger partial charge >= 0.3 is 0 Å². The van der Waals surface area contributed by atoms with Crippen molar-refractivity contribution in [1.82, 2.24) is 25.4 Å². The first-order chi connectivity index (χ1) is 11.7. The second-order valence-electron chi connectivity index (χ2n) is 5.09. The van der Waals surface area contributed by atoms with E-state index in [4.69, 9.17) is 9.47 Å². The van der Waals surface area contributed by atoms with Crippen LogP contribution in [-0.4, -0.2) is 48.5 Å². The Hall–Kier alpha value is -2.77. The molecule has 0 atom stereocenters. The predicted octanol–water partition coefficient (Wildman–Crippen LogP) is 0.740. The number of aryl methyl sites for hydroxylation is 1. The second-order valence-corrected chi connectivity index (χ2v) is 5.09. The molecule has 2 rings (SSSR count). The van der Waals surface area contributed by atoms with Gasteiger partial charge in [-0.1, -0.05) is 6.07 Å². The van der Waals surface area contributed by atoms with Gasteiger partial charge in [0.1, 0.15) is 12.2 Å². The number of aromatic nitrogens is 3. The third-order valence-corrected chi connectivity index (χ3v) is 3.60. The number of aliphatic imine (C=N–C) groups is 1. The van der Waals surface area contributed by atoms with Crippen LogP contribution < -0.4 is 20.1 Å². The van der Waals surface area contributed by atoms with Gasteiger partial charge in [0.15, 0.2) is 17.5 Å². The monoisotopic (exact) mass is 332 g/mol. The molecule has 0 unspecified atom stereocenters. The lowest BCUT2D eigenvalue weighted by molar-refractivity contribution is 0.354. The van der Waals surface area contributed by atoms with E-state index in [1.807, 2.05) is 25.2 Å². The van der Waals surface area contributed by atoms with Crippen molar-refractivity contribution in [2.24, 2.45) is 12.0 Å². The van der Waals surface area contributed by atoms with E-state index in [9.17, 15) is 0 Å². The largest absolute Gasteiger partial charge is 0.493 e. The molecule has 8 nitrogen and oxygen atoms in total. The summed E-state index contributed by atoms with van der Waals surface area (Å²) in [6.07, 6.45) is 2.37. The number of ether oxygens (including phenoxy) is 2. The van der Waals surface area contributed by atoms with Crippen LogP contribution in [-0.2, 0) is 20.0 Å². The molecule has 0 aliphatic carbocycles. The Morgan fingerprint density at radius 1 is 1.21 bits per heavy atom. The van der Waals surface area contributed by atoms with Crippen LogP contribution in [0.1, 0.15) is 11.4 Å². The number of nitrogens with zero attached hydrogens (tertiary/aromatic N) is 4. The lowest BCUT2D eigenvalue weighted by atomic mass is 10.1. The van der Waals surface area contributed by atoms with Crippen LogP contribution in [0.3, 0.4) is 0 Å². The number of hydrogen-bond donors (Lipinski definition) is 2. The number of benzene rings is 1. The van der Waals surface area contributed by atoms with Gasteiger partial charge < -0.3 is 20.1 Å². The van der Waals surface area contributed by atoms with E-state index in [0.717, 1.165) is 41.8 Å². The van der Waals surface area contributed by atoms with E-state index in [1.165, 1.54) is 6.33 Å². The summed E-state index contributed by atoms with van der Waals surface area (Å²) in [5.41, 5.74) is 1.16. The molecule has 8 heteroatoms. The lowest BCUT2D eigenvalue weighted by Crippen LogP contribution is -2.38. The molecule has 0 spiro atoms. The third-order valence-electron chi connectivity index (χ3n) is 3.60. The summed E-state index contributed by atoms with van der Waals surface area (Å²) in [4.78, 5) is 8.37. The molecule has 0 aliphatic heterocycles. The molecule has 0 saturated carbocycles. The first-order valence-corrected chi connectivity index (χ1v) is 7.66. The van der Waals surface area contributed by atoms with Gasteiger partial charge in [-0.25, -0.2) is 4.98 Å². The zero-order valence-corrected chi connectivity index (χ0v) is 14.5. The molecule has 1 aromatic heterocycles. The highest BCUT2D eigenvalue weighted by molar-refractivity contribution is 5.79. The molecular weight excluding hydrogens is 308 g/mol. The minimum absolute atomic E-state index is 0.562. The number of hydrogen-bond acceptors (Lipinski definition) is 5. The molecule has 2 aromatic rings. The van der Waals surface area contributed by atoms with E-state index in [-0.39, 0.29) is 0 Å². The molecule has 0 amide bonds. The highest BCUT2D eigenvalue weighted by Gasteiger charge is 2.05. The first-order valence-electron chi connectivity index (χ1n) is 7.66. The van der Waals surface area contributed by atoms with Crippen molar-refractivity contribution in [2.45, 2.75) is 13.0 Å². The number of nitrogens with one attached hydrogen (secondary N) is 2. The number of rotatable bonds is 7. The highest BCUT2D eigenvalue weighted by atomic mass is 16.5. The highest BCUT2D eigenvalue weighted by Crippen LogP contribution is 2.27. The smallest absolute Gasteiger partial charge is 0.191 e. The molecular formula is C16H24N6O2. The summed E-state index contributed by atoms with van der Waals surface area (Å²) < 4.78 is 12.3. The number of methoxy groups -OCH3 is 2. The molecule has 2 N–H and O–H groups in total. The predicted molar refractivity (Wildman–Crippen MR) is 92.5 cm³/mol. The van der Waals surface area contributed by atoms with Gasteiger partial charge in [0.25, 0.3) is 0 Å². The van der Waals surface area contributed by atoms with E-state index in [1.54, 1.807) is 25.9 Å². The average molecular weight is 332 g/mol. The summed E-state index contributed by atoms with van der Waals surface area (Å²) in [7, 11) is 6.86. The molecule has 0 bridgehead atoms. The maximum Gasteiger partial charge on any atom is 0.191 e. The van der Waals surface area contributed by atoms with Gasteiger partial charge in [-0.05, 0) is 24.1 Å². The standard InChI is InChI=1S/C16H24N6O2/c1-17-16(19-10-15-20-11-21-22(15)2)18-8-7-12-5-6-13(23-3)14(9-12)24-4/h5-6,9,11H,7-8,10H2,1-4H3,(H2,17,18,19). The van der Waals surface area contributed by atoms with Crippen LogP contribution >= 0.6 is 0 Å². The Morgan fingerprint density at radius 3 is 2.62 bits per heavy atom. The second kappa shape index (κ2) is 8.76. The lowest BCUT2D eigenvalue weighted by Gasteiger charge is -2.12. The number of guanidine groups is 1. The Morgan fingerprint density at radius 2 is 2.00 bits per heavy atom. The molecule has 0 aliphatic rings. The van der Waals surface area contributed by atoms with Gasteiger partial charge in [0.05, 0.1) is 20.8 Å². The Bertz CT molecular complexity index is 683. The van der Waals surface area contributed by atoms with E-state index in [2.05, 4.69) is 25.7 Å². The summed E-state index contributed by atoms with van der Waals surface area (Å²) in [6.45, 7) is 1.31. The van der Waals surface area contributed by atoms with Gasteiger partial charge in [-0.2, -0.15) is 5.10 Å². The average Bonchev–Trinajstić information content (AvgIpc) is 3.02. The van der Waals surface area contributed by atoms with Gasteiger partial charge in [-0.3, -0.25) is 9.67 Å². The van der Waals surface area contributed by atoms with Gasteiger partial charge in [-0.15, -0.1) is 0 Å². The van der Waals surface area contributed by atoms with Crippen molar-refractivity contribution in [2.75, 3.05) is 27.8 Å². The van der Waals surface area contributed by atoms with Crippen molar-refractivity contribution in [3.63, 3.8) is 0 Å². The van der Waals surface area contributed by atoms with Gasteiger partial charge in [0, 0.05) is 20.6 Å². The van der Waals surface area contributed by atoms with E-state index in [0.29, 0.717) is 6.54 Å². The van der Waals surface area contributed by atoms with Crippen LogP contribution in [0.5, 0.6) is 11.5 Å². The Balaban J connectivity index is 1.82. The molecule has 0 radical (unpaired) electrons. The van der Waals surface area contributed by atoms with Crippen molar-refractivity contribution in [1.29, 1.82) is 0 Å². The van der Waals surface area contributed by atoms with Crippen LogP contribution in [0.2, 0.25) is 0 Å². The fourth-order valence-electron chi connectivity index (χ4n) is 2.22. The molecule has 24 heavy (non-hydrogen) atoms. The zero-order valence-electron chi connectivity index (χ0n) is 14.5. The summed E-state index contributed by atoms with van der Waals surface area (Å²) in [5, 5.41) is 10.5. The normalized spacial score (nSPS) is 11.2. The minimum atomic E-state index is 0.562. The van der Waals surface area contributed by atoms with E-state index >= 15 is 0 Å². The minimum Gasteiger partial charge on any atom is -0.493 e. The third kappa shape index (κ3) is 4.61. The van der Waals surface area contributed by atoms with Crippen molar-refractivity contribution >= 4 is 5.96 Å². The molecule has 0 fully saturated rings. The quantitative estimate of drug-likeness (QED) is 0.575. The maximum atomic E-state index is 5.32. The summed E-state index contributed by atoms with van der Waals surface area (Å²) in [6, 6.07) is 5.92. The molecule has 0 saturated heterocycles. The fraction of sp³-hybridized carbons (Fsp3) is 0.438. The van der Waals surface area contributed by atoms with Crippen LogP contribution in [0, 0.1) is 0 Å². The molecule has 130 valence electrons. The van der Waals surface area contributed by atoms with Crippen LogP contribution in [0.15, 0.2) is 29.5 Å². The Labute approximate surface area is 141 Å². The van der Waals surface area contributed by atoms with Crippen LogP contribution in [0.4, 0.5) is 0 Å². The van der Waals surface area contributed by atoms with Crippen LogP contribution in [0.25, 0.3) is 0 Å². The Kier molecular flexibility index (Phi) is 6.41. The molecule has 1 aromatic carbocycles. The summed E-state index contributed by atoms with van der Waals surface area (Å²) >= 11 is 0. The SMILES string of the molecule is CN=C(NCCc1ccc(OC)c(OC)c1)NCc1ncnn1C. The zero-order chi connectivity index (χ0) is 17.4. The fourth-order valence-corrected chi connectivity index (χ4v) is 2.22. The maximum absolute atomic E-state index is 5.32.